The number of hydrogen-bond acceptors (Lipinski definition) is 2. The quantitative estimate of drug-likeness (QED) is 0.645. The fraction of sp³-hybridized carbons (Fsp3) is 0.667. The van der Waals surface area contributed by atoms with E-state index in [9.17, 15) is 4.79 Å². The zero-order chi connectivity index (χ0) is 11.0. The van der Waals surface area contributed by atoms with E-state index in [0.717, 1.165) is 31.6 Å². The van der Waals surface area contributed by atoms with Gasteiger partial charge in [0.15, 0.2) is 0 Å². The maximum absolute atomic E-state index is 11.8. The van der Waals surface area contributed by atoms with Crippen molar-refractivity contribution in [2.24, 2.45) is 10.9 Å². The van der Waals surface area contributed by atoms with E-state index in [1.807, 2.05) is 18.7 Å². The molecule has 0 fully saturated rings. The molecule has 3 nitrogen and oxygen atoms in total. The minimum atomic E-state index is 0.0960. The van der Waals surface area contributed by atoms with Crippen molar-refractivity contribution in [3.05, 3.63) is 11.3 Å². The second kappa shape index (κ2) is 3.80. The Labute approximate surface area is 90.9 Å². The summed E-state index contributed by atoms with van der Waals surface area (Å²) in [5.74, 6) is 0.347. The minimum Gasteiger partial charge on any atom is -0.336 e. The summed E-state index contributed by atoms with van der Waals surface area (Å²) in [6.45, 7) is 7.57. The zero-order valence-corrected chi connectivity index (χ0v) is 9.71. The Hall–Kier alpha value is -1.12. The van der Waals surface area contributed by atoms with Crippen LogP contribution >= 0.6 is 0 Å². The van der Waals surface area contributed by atoms with Crippen LogP contribution in [0.15, 0.2) is 16.3 Å². The Morgan fingerprint density at radius 1 is 1.47 bits per heavy atom. The third-order valence-electron chi connectivity index (χ3n) is 3.03. The number of amides is 1. The van der Waals surface area contributed by atoms with Gasteiger partial charge in [-0.1, -0.05) is 13.8 Å². The van der Waals surface area contributed by atoms with E-state index in [1.165, 1.54) is 11.3 Å². The smallest absolute Gasteiger partial charge is 0.225 e. The van der Waals surface area contributed by atoms with Crippen molar-refractivity contribution in [2.45, 2.75) is 33.6 Å². The fourth-order valence-electron chi connectivity index (χ4n) is 2.22. The van der Waals surface area contributed by atoms with Crippen molar-refractivity contribution in [3.63, 3.8) is 0 Å². The van der Waals surface area contributed by atoms with Gasteiger partial charge in [0.05, 0.1) is 12.2 Å². The van der Waals surface area contributed by atoms with Crippen LogP contribution in [0.4, 0.5) is 0 Å². The van der Waals surface area contributed by atoms with Gasteiger partial charge in [-0.3, -0.25) is 9.79 Å². The Morgan fingerprint density at radius 2 is 2.20 bits per heavy atom. The van der Waals surface area contributed by atoms with Crippen LogP contribution < -0.4 is 0 Å². The molecule has 0 saturated carbocycles. The molecule has 2 heterocycles. The highest BCUT2D eigenvalue weighted by atomic mass is 16.2. The van der Waals surface area contributed by atoms with Crippen LogP contribution in [0.1, 0.15) is 33.6 Å². The SMILES string of the molecule is CC1=NC2=C(CCN(C(=O)C(C)C)C2)C1. The van der Waals surface area contributed by atoms with Gasteiger partial charge in [0.1, 0.15) is 0 Å². The number of aliphatic imine (C=N–C) groups is 1. The van der Waals surface area contributed by atoms with E-state index in [0.29, 0.717) is 0 Å². The fourth-order valence-corrected chi connectivity index (χ4v) is 2.22. The van der Waals surface area contributed by atoms with Crippen LogP contribution in [-0.2, 0) is 4.79 Å². The molecule has 1 amide bonds. The molecular formula is C12H18N2O. The molecule has 0 aromatic rings. The van der Waals surface area contributed by atoms with Gasteiger partial charge in [-0.2, -0.15) is 0 Å². The maximum Gasteiger partial charge on any atom is 0.225 e. The molecule has 0 saturated heterocycles. The van der Waals surface area contributed by atoms with E-state index in [2.05, 4.69) is 11.9 Å². The minimum absolute atomic E-state index is 0.0960. The van der Waals surface area contributed by atoms with Gasteiger partial charge in [-0.15, -0.1) is 0 Å². The lowest BCUT2D eigenvalue weighted by Crippen LogP contribution is -2.38. The number of nitrogens with zero attached hydrogens (tertiary/aromatic N) is 2. The Morgan fingerprint density at radius 3 is 2.87 bits per heavy atom. The lowest BCUT2D eigenvalue weighted by molar-refractivity contribution is -0.134. The van der Waals surface area contributed by atoms with Gasteiger partial charge in [0.25, 0.3) is 0 Å². The van der Waals surface area contributed by atoms with Crippen molar-refractivity contribution < 1.29 is 4.79 Å². The van der Waals surface area contributed by atoms with Gasteiger partial charge in [0.2, 0.25) is 5.91 Å². The average Bonchev–Trinajstić information content (AvgIpc) is 2.55. The third kappa shape index (κ3) is 1.96. The molecular weight excluding hydrogens is 188 g/mol. The predicted octanol–water partition coefficient (Wildman–Crippen LogP) is 1.99. The number of carbonyl (C=O) groups excluding carboxylic acids is 1. The molecule has 0 aromatic carbocycles. The van der Waals surface area contributed by atoms with Crippen LogP contribution in [0.3, 0.4) is 0 Å². The molecule has 0 atom stereocenters. The Kier molecular flexibility index (Phi) is 2.63. The maximum atomic E-state index is 11.8. The Balaban J connectivity index is 2.08. The number of rotatable bonds is 1. The highest BCUT2D eigenvalue weighted by molar-refractivity contribution is 5.88. The van der Waals surface area contributed by atoms with Crippen molar-refractivity contribution in [1.29, 1.82) is 0 Å². The first-order valence-electron chi connectivity index (χ1n) is 5.61. The van der Waals surface area contributed by atoms with Gasteiger partial charge in [-0.05, 0) is 18.9 Å². The average molecular weight is 206 g/mol. The summed E-state index contributed by atoms with van der Waals surface area (Å²) >= 11 is 0. The summed E-state index contributed by atoms with van der Waals surface area (Å²) < 4.78 is 0. The van der Waals surface area contributed by atoms with E-state index in [4.69, 9.17) is 0 Å². The summed E-state index contributed by atoms with van der Waals surface area (Å²) in [4.78, 5) is 18.3. The molecule has 0 N–H and O–H groups in total. The number of carbonyl (C=O) groups is 1. The normalized spacial score (nSPS) is 20.8. The summed E-state index contributed by atoms with van der Waals surface area (Å²) in [6, 6.07) is 0. The molecule has 3 heteroatoms. The van der Waals surface area contributed by atoms with Gasteiger partial charge in [-0.25, -0.2) is 0 Å². The highest BCUT2D eigenvalue weighted by Crippen LogP contribution is 2.28. The van der Waals surface area contributed by atoms with Crippen LogP contribution in [0, 0.1) is 5.92 Å². The molecule has 0 aromatic heterocycles. The lowest BCUT2D eigenvalue weighted by Gasteiger charge is -2.28. The molecule has 0 radical (unpaired) electrons. The largest absolute Gasteiger partial charge is 0.336 e. The molecule has 82 valence electrons. The summed E-state index contributed by atoms with van der Waals surface area (Å²) in [7, 11) is 0. The summed E-state index contributed by atoms with van der Waals surface area (Å²) in [5.41, 5.74) is 3.78. The first kappa shape index (κ1) is 10.4. The first-order chi connectivity index (χ1) is 7.08. The van der Waals surface area contributed by atoms with Crippen molar-refractivity contribution in [2.75, 3.05) is 13.1 Å². The topological polar surface area (TPSA) is 32.7 Å². The van der Waals surface area contributed by atoms with E-state index in [1.54, 1.807) is 0 Å². The van der Waals surface area contributed by atoms with E-state index < -0.39 is 0 Å². The van der Waals surface area contributed by atoms with Crippen LogP contribution in [0.2, 0.25) is 0 Å². The molecule has 15 heavy (non-hydrogen) atoms. The predicted molar refractivity (Wildman–Crippen MR) is 60.8 cm³/mol. The first-order valence-corrected chi connectivity index (χ1v) is 5.61. The monoisotopic (exact) mass is 206 g/mol. The van der Waals surface area contributed by atoms with E-state index in [-0.39, 0.29) is 11.8 Å². The van der Waals surface area contributed by atoms with Crippen LogP contribution in [0.25, 0.3) is 0 Å². The van der Waals surface area contributed by atoms with Gasteiger partial charge >= 0.3 is 0 Å². The highest BCUT2D eigenvalue weighted by Gasteiger charge is 2.26. The van der Waals surface area contributed by atoms with Crippen LogP contribution in [-0.4, -0.2) is 29.6 Å². The van der Waals surface area contributed by atoms with Crippen molar-refractivity contribution in [3.8, 4) is 0 Å². The van der Waals surface area contributed by atoms with E-state index >= 15 is 0 Å². The molecule has 2 rings (SSSR count). The zero-order valence-electron chi connectivity index (χ0n) is 9.71. The molecule has 0 spiro atoms. The Bertz CT molecular complexity index is 353. The van der Waals surface area contributed by atoms with Crippen LogP contribution in [0.5, 0.6) is 0 Å². The second-order valence-electron chi connectivity index (χ2n) is 4.74. The van der Waals surface area contributed by atoms with Gasteiger partial charge < -0.3 is 4.90 Å². The number of hydrogen-bond donors (Lipinski definition) is 0. The molecule has 2 aliphatic rings. The third-order valence-corrected chi connectivity index (χ3v) is 3.03. The molecule has 2 aliphatic heterocycles. The summed E-state index contributed by atoms with van der Waals surface area (Å²) in [5, 5.41) is 0. The molecule has 0 unspecified atom stereocenters. The van der Waals surface area contributed by atoms with Crippen molar-refractivity contribution >= 4 is 11.6 Å². The standard InChI is InChI=1S/C12H18N2O/c1-8(2)12(15)14-5-4-10-6-9(3)13-11(10)7-14/h8H,4-7H2,1-3H3. The summed E-state index contributed by atoms with van der Waals surface area (Å²) in [6.07, 6.45) is 2.04. The lowest BCUT2D eigenvalue weighted by atomic mass is 10.0. The second-order valence-corrected chi connectivity index (χ2v) is 4.74. The van der Waals surface area contributed by atoms with Crippen molar-refractivity contribution in [1.82, 2.24) is 4.90 Å². The molecule has 0 bridgehead atoms. The van der Waals surface area contributed by atoms with Gasteiger partial charge in [0, 0.05) is 24.6 Å². The molecule has 0 aliphatic carbocycles.